The first-order valence-electron chi connectivity index (χ1n) is 34.9. The second-order valence-corrected chi connectivity index (χ2v) is 25.7. The van der Waals surface area contributed by atoms with Crippen molar-refractivity contribution in [3.05, 3.63) is 392 Å². The molecular weight excluding hydrogens is 1510 g/mol. The molecule has 8 aromatic carbocycles. The lowest BCUT2D eigenvalue weighted by molar-refractivity contribution is 0.386. The standard InChI is InChI=1S/C24H16FN3O2.C23H13ClFN3O.C23H14ClN3O.C23H13F2N3O/c1-3-16-6-10-18(11-7-16)28-22(27-23-19(24(28)29)5-4-14-26-23)13-9-17-8-12-21(30-2)20(25)15-17;1-2-15-5-9-17(10-6-15)28-21(12-8-16-7-11-19(24)20(25)14-16)27-22-18(23(28)29)4-3-13-26-22;1-2-16-7-12-19(13-8-16)27-21(14-9-17-5-10-18(24)11-6-17)26-22-20(23(27)28)4-3-15-25-22;1-2-15-5-9-17(10-6-15)28-21(12-8-16-7-11-19(24)20(25)14-16)27-22-18(23(28)29)4-3-13-26-22/h1,4-15H,2H3;1,3-14H;1,3-15H;1,3-14H/b13-9+;12-8+;14-9+;12-8+. The molecule has 0 saturated heterocycles. The van der Waals surface area contributed by atoms with Gasteiger partial charge in [0.1, 0.15) is 29.1 Å². The van der Waals surface area contributed by atoms with Gasteiger partial charge in [-0.3, -0.25) is 37.4 Å². The van der Waals surface area contributed by atoms with Gasteiger partial charge in [-0.15, -0.1) is 25.7 Å². The van der Waals surface area contributed by atoms with Crippen LogP contribution >= 0.6 is 23.2 Å². The lowest BCUT2D eigenvalue weighted by atomic mass is 10.2. The van der Waals surface area contributed by atoms with E-state index in [2.05, 4.69) is 63.6 Å². The zero-order chi connectivity index (χ0) is 81.4. The van der Waals surface area contributed by atoms with Gasteiger partial charge in [-0.1, -0.05) is 102 Å². The molecule has 0 amide bonds. The summed E-state index contributed by atoms with van der Waals surface area (Å²) in [5, 5.41) is 2.30. The number of benzene rings is 8. The third-order valence-electron chi connectivity index (χ3n) is 17.5. The molecule has 16 aromatic rings. The zero-order valence-corrected chi connectivity index (χ0v) is 62.3. The number of ether oxygens (including phenoxy) is 1. The minimum absolute atomic E-state index is 0.0423. The van der Waals surface area contributed by atoms with Gasteiger partial charge in [0.2, 0.25) is 0 Å². The van der Waals surface area contributed by atoms with Crippen LogP contribution in [0, 0.1) is 72.6 Å². The molecule has 0 aliphatic rings. The van der Waals surface area contributed by atoms with E-state index >= 15 is 0 Å². The SMILES string of the molecule is C#Cc1ccc(-n2c(/C=C/c3ccc(Cl)c(F)c3)nc3ncccc3c2=O)cc1.C#Cc1ccc(-n2c(/C=C/c3ccc(Cl)cc3)nc3ncccc3c2=O)cc1.C#Cc1ccc(-n2c(/C=C/c3ccc(F)c(F)c3)nc3ncccc3c2=O)cc1.C#Cc1ccc(-n2c(/C=C/c3ccc(OC)c(F)c3)nc3ncccc3c2=O)cc1. The molecule has 0 atom stereocenters. The van der Waals surface area contributed by atoms with E-state index in [0.717, 1.165) is 23.3 Å². The smallest absolute Gasteiger partial charge is 0.267 e. The number of rotatable bonds is 13. The molecule has 23 heteroatoms. The van der Waals surface area contributed by atoms with Crippen LogP contribution in [-0.4, -0.2) is 65.3 Å². The summed E-state index contributed by atoms with van der Waals surface area (Å²) >= 11 is 11.7. The predicted molar refractivity (Wildman–Crippen MR) is 450 cm³/mol. The van der Waals surface area contributed by atoms with Crippen LogP contribution in [0.2, 0.25) is 10.0 Å². The molecular formula is C93H56Cl2F4N12O5. The average Bonchev–Trinajstić information content (AvgIpc) is 0.789. The maximum absolute atomic E-state index is 14.0. The molecule has 0 N–H and O–H groups in total. The molecule has 17 nitrogen and oxygen atoms in total. The highest BCUT2D eigenvalue weighted by Gasteiger charge is 2.18. The monoisotopic (exact) mass is 1570 g/mol. The fourth-order valence-corrected chi connectivity index (χ4v) is 11.9. The molecule has 0 unspecified atom stereocenters. The molecule has 0 fully saturated rings. The Morgan fingerprint density at radius 2 is 0.612 bits per heavy atom. The predicted octanol–water partition coefficient (Wildman–Crippen LogP) is 17.6. The molecule has 0 saturated carbocycles. The summed E-state index contributed by atoms with van der Waals surface area (Å²) in [4.78, 5) is 87.5. The second-order valence-electron chi connectivity index (χ2n) is 24.8. The van der Waals surface area contributed by atoms with Gasteiger partial charge >= 0.3 is 0 Å². The van der Waals surface area contributed by atoms with Crippen LogP contribution in [0.3, 0.4) is 0 Å². The number of aromatic nitrogens is 12. The number of nitrogens with zero attached hydrogens (tertiary/aromatic N) is 12. The van der Waals surface area contributed by atoms with Crippen molar-refractivity contribution in [3.8, 4) is 77.9 Å². The van der Waals surface area contributed by atoms with Crippen LogP contribution in [-0.2, 0) is 0 Å². The molecule has 0 aliphatic carbocycles. The topological polar surface area (TPSA) is 200 Å². The van der Waals surface area contributed by atoms with E-state index in [1.807, 2.05) is 30.3 Å². The highest BCUT2D eigenvalue weighted by Crippen LogP contribution is 2.25. The van der Waals surface area contributed by atoms with Crippen LogP contribution in [0.1, 0.15) is 67.8 Å². The van der Waals surface area contributed by atoms with E-state index in [4.69, 9.17) is 53.6 Å². The van der Waals surface area contributed by atoms with Crippen molar-refractivity contribution in [2.45, 2.75) is 0 Å². The number of halogens is 6. The Kier molecular flexibility index (Phi) is 24.3. The second kappa shape index (κ2) is 35.9. The minimum Gasteiger partial charge on any atom is -0.494 e. The first-order valence-corrected chi connectivity index (χ1v) is 35.7. The van der Waals surface area contributed by atoms with Crippen LogP contribution in [0.25, 0.3) is 115 Å². The molecule has 0 bridgehead atoms. The van der Waals surface area contributed by atoms with E-state index < -0.39 is 23.3 Å². The van der Waals surface area contributed by atoms with E-state index in [1.54, 1.807) is 230 Å². The quantitative estimate of drug-likeness (QED) is 0.0780. The molecule has 0 radical (unpaired) electrons. The number of hydrogen-bond donors (Lipinski definition) is 0. The minimum atomic E-state index is -0.956. The van der Waals surface area contributed by atoms with Crippen molar-refractivity contribution >= 4 is 116 Å². The third kappa shape index (κ3) is 18.0. The van der Waals surface area contributed by atoms with E-state index in [1.165, 1.54) is 51.1 Å². The largest absolute Gasteiger partial charge is 0.494 e. The Balaban J connectivity index is 0.000000135. The summed E-state index contributed by atoms with van der Waals surface area (Å²) < 4.78 is 65.2. The number of methoxy groups -OCH3 is 1. The van der Waals surface area contributed by atoms with Gasteiger partial charge in [0.15, 0.2) is 45.8 Å². The molecule has 0 spiro atoms. The van der Waals surface area contributed by atoms with Crippen molar-refractivity contribution in [1.82, 2.24) is 58.1 Å². The highest BCUT2D eigenvalue weighted by molar-refractivity contribution is 6.31. The summed E-state index contributed by atoms with van der Waals surface area (Å²) in [7, 11) is 1.41. The van der Waals surface area contributed by atoms with Gasteiger partial charge in [-0.05, 0) is 241 Å². The van der Waals surface area contributed by atoms with Crippen molar-refractivity contribution in [3.63, 3.8) is 0 Å². The number of pyridine rings is 4. The fourth-order valence-electron chi connectivity index (χ4n) is 11.7. The summed E-state index contributed by atoms with van der Waals surface area (Å²) in [5.41, 5.74) is 8.15. The summed E-state index contributed by atoms with van der Waals surface area (Å²) in [6, 6.07) is 61.5. The van der Waals surface area contributed by atoms with Gasteiger partial charge in [0, 0.05) is 52.1 Å². The lowest BCUT2D eigenvalue weighted by Crippen LogP contribution is -2.22. The first-order chi connectivity index (χ1) is 56.4. The van der Waals surface area contributed by atoms with Gasteiger partial charge in [-0.2, -0.15) is 0 Å². The number of terminal acetylenes is 4. The Morgan fingerprint density at radius 1 is 0.328 bits per heavy atom. The van der Waals surface area contributed by atoms with Crippen molar-refractivity contribution in [2.75, 3.05) is 7.11 Å². The average molecular weight is 1570 g/mol. The normalized spacial score (nSPS) is 11.0. The molecule has 116 heavy (non-hydrogen) atoms. The number of hydrogen-bond acceptors (Lipinski definition) is 13. The first kappa shape index (κ1) is 78.3. The number of fused-ring (bicyclic) bond motifs is 4. The lowest BCUT2D eigenvalue weighted by Gasteiger charge is -2.11. The Morgan fingerprint density at radius 3 is 0.905 bits per heavy atom. The summed E-state index contributed by atoms with van der Waals surface area (Å²) in [6.07, 6.45) is 41.4. The van der Waals surface area contributed by atoms with Crippen LogP contribution in [0.5, 0.6) is 5.75 Å². The van der Waals surface area contributed by atoms with E-state index in [-0.39, 0.29) is 33.0 Å². The summed E-state index contributed by atoms with van der Waals surface area (Å²) in [6.45, 7) is 0. The van der Waals surface area contributed by atoms with Crippen LogP contribution < -0.4 is 27.0 Å². The maximum Gasteiger partial charge on any atom is 0.267 e. The Labute approximate surface area is 669 Å². The molecule has 8 heterocycles. The van der Waals surface area contributed by atoms with Crippen molar-refractivity contribution < 1.29 is 22.3 Å². The van der Waals surface area contributed by atoms with Gasteiger partial charge in [0.25, 0.3) is 22.2 Å². The van der Waals surface area contributed by atoms with E-state index in [9.17, 15) is 36.7 Å². The molecule has 560 valence electrons. The van der Waals surface area contributed by atoms with Gasteiger partial charge < -0.3 is 4.74 Å². The van der Waals surface area contributed by atoms with Gasteiger partial charge in [0.05, 0.1) is 56.4 Å². The molecule has 16 rings (SSSR count). The highest BCUT2D eigenvalue weighted by atomic mass is 35.5. The molecule has 0 aliphatic heterocycles. The molecule has 8 aromatic heterocycles. The van der Waals surface area contributed by atoms with Crippen LogP contribution in [0.15, 0.2) is 268 Å². The fraction of sp³-hybridized carbons (Fsp3) is 0.0108. The van der Waals surface area contributed by atoms with E-state index in [0.29, 0.717) is 129 Å². The summed E-state index contributed by atoms with van der Waals surface area (Å²) in [5.74, 6) is 8.95. The maximum atomic E-state index is 14.0. The Bertz CT molecular complexity index is 6830. The zero-order valence-electron chi connectivity index (χ0n) is 60.8. The van der Waals surface area contributed by atoms with Gasteiger partial charge in [-0.25, -0.2) is 57.4 Å². The van der Waals surface area contributed by atoms with Crippen molar-refractivity contribution in [2.24, 2.45) is 0 Å². The van der Waals surface area contributed by atoms with Crippen molar-refractivity contribution in [1.29, 1.82) is 0 Å². The third-order valence-corrected chi connectivity index (χ3v) is 18.0. The van der Waals surface area contributed by atoms with Crippen LogP contribution in [0.4, 0.5) is 17.6 Å². The Hall–Kier alpha value is -15.8.